The number of anilines is 9. The van der Waals surface area contributed by atoms with Gasteiger partial charge in [-0.3, -0.25) is 4.79 Å². The van der Waals surface area contributed by atoms with Gasteiger partial charge in [0.2, 0.25) is 0 Å². The first-order valence-corrected chi connectivity index (χ1v) is 25.7. The van der Waals surface area contributed by atoms with Crippen molar-refractivity contribution in [1.29, 1.82) is 0 Å². The minimum absolute atomic E-state index is 0.153. The summed E-state index contributed by atoms with van der Waals surface area (Å²) in [5.41, 5.74) is 2.52. The van der Waals surface area contributed by atoms with Crippen molar-refractivity contribution in [2.24, 2.45) is 0 Å². The fraction of sp³-hybridized carbons (Fsp3) is 0.259. The highest BCUT2D eigenvalue weighted by Crippen LogP contribution is 2.27. The average molecular weight is 1130 g/mol. The summed E-state index contributed by atoms with van der Waals surface area (Å²) in [7, 11) is 0. The molecule has 3 aliphatic heterocycles. The number of aliphatic hydroxyl groups is 1. The lowest BCUT2D eigenvalue weighted by Gasteiger charge is -2.28. The Bertz CT molecular complexity index is 3520. The summed E-state index contributed by atoms with van der Waals surface area (Å²) in [4.78, 5) is 44.1. The lowest BCUT2D eigenvalue weighted by Crippen LogP contribution is -2.37. The number of morpholine rings is 3. The molecule has 4 N–H and O–H groups in total. The van der Waals surface area contributed by atoms with Crippen LogP contribution in [0.1, 0.15) is 28.3 Å². The fourth-order valence-corrected chi connectivity index (χ4v) is 8.31. The summed E-state index contributed by atoms with van der Waals surface area (Å²) in [6, 6.07) is 27.8. The second kappa shape index (κ2) is 26.6. The van der Waals surface area contributed by atoms with E-state index in [9.17, 15) is 31.9 Å². The van der Waals surface area contributed by atoms with E-state index in [1.165, 1.54) is 62.7 Å². The molecular weight excluding hydrogens is 1080 g/mol. The Morgan fingerprint density at radius 1 is 0.476 bits per heavy atom. The summed E-state index contributed by atoms with van der Waals surface area (Å²) in [5.74, 6) is 3.52. The fourth-order valence-electron chi connectivity index (χ4n) is 8.31. The minimum atomic E-state index is -2.68. The van der Waals surface area contributed by atoms with Crippen LogP contribution in [0.15, 0.2) is 128 Å². The second-order valence-electron chi connectivity index (χ2n) is 18.1. The Hall–Kier alpha value is -9.51. The second-order valence-corrected chi connectivity index (χ2v) is 18.1. The SMILES string of the molecule is Fc1ccc(Nc2cc(N3CCOCC3)nc(-n3ccc(C(F)F)n3)n2)cc1.O=Cc1ccn(-c2nc(Nc3ccc(F)cc3)cc(N3CCOCC3)n2)n1.OCc1ccn(-c2nc(Nc3ccc(F)cc3)cc(N3CCOCC3)n2)n1. The Balaban J connectivity index is 0.000000138. The molecule has 3 aliphatic rings. The van der Waals surface area contributed by atoms with Crippen LogP contribution in [0.25, 0.3) is 17.8 Å². The molecule has 3 saturated heterocycles. The molecule has 3 aromatic carbocycles. The summed E-state index contributed by atoms with van der Waals surface area (Å²) >= 11 is 0. The molecule has 424 valence electrons. The predicted octanol–water partition coefficient (Wildman–Crippen LogP) is 7.39. The molecule has 0 unspecified atom stereocenters. The van der Waals surface area contributed by atoms with Crippen molar-refractivity contribution in [2.75, 3.05) is 110 Å². The third kappa shape index (κ3) is 14.8. The maximum Gasteiger partial charge on any atom is 0.282 e. The molecule has 0 spiro atoms. The molecule has 82 heavy (non-hydrogen) atoms. The number of alkyl halides is 2. The maximum atomic E-state index is 13.1. The summed E-state index contributed by atoms with van der Waals surface area (Å²) in [6.45, 7) is 7.67. The van der Waals surface area contributed by atoms with E-state index in [0.29, 0.717) is 136 Å². The van der Waals surface area contributed by atoms with Crippen LogP contribution in [-0.4, -0.2) is 150 Å². The van der Waals surface area contributed by atoms with E-state index in [-0.39, 0.29) is 35.7 Å². The van der Waals surface area contributed by atoms with Gasteiger partial charge in [0.1, 0.15) is 63.7 Å². The molecule has 9 aromatic rings. The summed E-state index contributed by atoms with van der Waals surface area (Å²) in [6.07, 6.45) is 2.71. The lowest BCUT2D eigenvalue weighted by atomic mass is 10.3. The van der Waals surface area contributed by atoms with Gasteiger partial charge in [0.25, 0.3) is 24.3 Å². The topological polar surface area (TPSA) is 242 Å². The molecule has 6 aromatic heterocycles. The number of benzene rings is 3. The lowest BCUT2D eigenvalue weighted by molar-refractivity contribution is 0.111. The minimum Gasteiger partial charge on any atom is -0.390 e. The van der Waals surface area contributed by atoms with E-state index in [1.54, 1.807) is 67.0 Å². The number of ether oxygens (including phenoxy) is 3. The van der Waals surface area contributed by atoms with E-state index in [2.05, 4.69) is 71.0 Å². The van der Waals surface area contributed by atoms with Gasteiger partial charge in [-0.25, -0.2) is 36.0 Å². The van der Waals surface area contributed by atoms with Crippen LogP contribution >= 0.6 is 0 Å². The molecule has 9 heterocycles. The van der Waals surface area contributed by atoms with Crippen LogP contribution in [-0.2, 0) is 20.8 Å². The zero-order valence-corrected chi connectivity index (χ0v) is 43.6. The number of hydrogen-bond donors (Lipinski definition) is 4. The highest BCUT2D eigenvalue weighted by atomic mass is 19.3. The molecule has 3 fully saturated rings. The quantitative estimate of drug-likeness (QED) is 0.0578. The predicted molar refractivity (Wildman–Crippen MR) is 292 cm³/mol. The van der Waals surface area contributed by atoms with Crippen molar-refractivity contribution in [2.45, 2.75) is 13.0 Å². The van der Waals surface area contributed by atoms with Gasteiger partial charge >= 0.3 is 0 Å². The summed E-state index contributed by atoms with van der Waals surface area (Å²) in [5, 5.41) is 30.9. The van der Waals surface area contributed by atoms with Crippen molar-refractivity contribution in [3.63, 3.8) is 0 Å². The van der Waals surface area contributed by atoms with E-state index in [1.807, 2.05) is 17.0 Å². The zero-order valence-electron chi connectivity index (χ0n) is 43.6. The standard InChI is InChI=1S/C18H17F3N6O.C18H19FN6O2.C18H17FN6O2/c19-12-1-3-13(4-2-12)22-15-11-16(26-7-9-28-10-8-26)24-18(23-15)27-6-5-14(25-27)17(20)21;2*19-13-1-3-14(4-2-13)20-16-11-17(24-7-9-27-10-8-24)22-18(21-16)25-6-5-15(12-26)23-25/h1-6,11,17H,7-10H2,(H,22,23,24);1-6,11,26H,7-10,12H2,(H,20,21,22);1-6,11-12H,7-10H2,(H,20,21,22). The van der Waals surface area contributed by atoms with Crippen LogP contribution in [0, 0.1) is 17.5 Å². The van der Waals surface area contributed by atoms with Crippen molar-refractivity contribution in [3.8, 4) is 17.8 Å². The van der Waals surface area contributed by atoms with Crippen LogP contribution < -0.4 is 30.7 Å². The number of rotatable bonds is 15. The molecule has 0 radical (unpaired) electrons. The molecule has 0 atom stereocenters. The van der Waals surface area contributed by atoms with Crippen LogP contribution in [0.3, 0.4) is 0 Å². The number of hydrogen-bond acceptors (Lipinski definition) is 20. The Kier molecular flexibility index (Phi) is 18.1. The van der Waals surface area contributed by atoms with Crippen molar-refractivity contribution in [1.82, 2.24) is 59.2 Å². The molecule has 28 heteroatoms. The molecule has 0 amide bonds. The van der Waals surface area contributed by atoms with Crippen molar-refractivity contribution < 1.29 is 46.1 Å². The highest BCUT2D eigenvalue weighted by molar-refractivity contribution is 5.71. The molecule has 12 rings (SSSR count). The van der Waals surface area contributed by atoms with Gasteiger partial charge in [-0.2, -0.15) is 45.2 Å². The van der Waals surface area contributed by atoms with E-state index >= 15 is 0 Å². The third-order valence-electron chi connectivity index (χ3n) is 12.4. The van der Waals surface area contributed by atoms with Crippen molar-refractivity contribution in [3.05, 3.63) is 162 Å². The number of aromatic nitrogens is 12. The Labute approximate surface area is 465 Å². The number of nitrogens with one attached hydrogen (secondary N) is 3. The van der Waals surface area contributed by atoms with Gasteiger partial charge in [-0.15, -0.1) is 0 Å². The molecule has 0 aliphatic carbocycles. The number of carbonyl (C=O) groups is 1. The number of halogens is 5. The van der Waals surface area contributed by atoms with Crippen LogP contribution in [0.4, 0.5) is 73.9 Å². The normalized spacial score (nSPS) is 14.4. The number of nitrogens with zero attached hydrogens (tertiary/aromatic N) is 15. The van der Waals surface area contributed by atoms with E-state index in [4.69, 9.17) is 14.2 Å². The van der Waals surface area contributed by atoms with Crippen LogP contribution in [0.5, 0.6) is 0 Å². The van der Waals surface area contributed by atoms with Gasteiger partial charge in [0.05, 0.1) is 51.9 Å². The maximum absolute atomic E-state index is 13.1. The zero-order chi connectivity index (χ0) is 56.8. The average Bonchev–Trinajstić information content (AvgIpc) is 4.50. The van der Waals surface area contributed by atoms with E-state index in [0.717, 1.165) is 24.7 Å². The third-order valence-corrected chi connectivity index (χ3v) is 12.4. The first kappa shape index (κ1) is 55.8. The highest BCUT2D eigenvalue weighted by Gasteiger charge is 2.21. The van der Waals surface area contributed by atoms with Gasteiger partial charge in [0, 0.05) is 93.1 Å². The first-order chi connectivity index (χ1) is 40.0. The van der Waals surface area contributed by atoms with Gasteiger partial charge in [-0.1, -0.05) is 0 Å². The summed E-state index contributed by atoms with van der Waals surface area (Å²) < 4.78 is 85.6. The Morgan fingerprint density at radius 2 is 0.829 bits per heavy atom. The molecule has 0 saturated carbocycles. The number of aldehydes is 1. The van der Waals surface area contributed by atoms with Gasteiger partial charge in [-0.05, 0) is 91.0 Å². The molecule has 23 nitrogen and oxygen atoms in total. The van der Waals surface area contributed by atoms with Crippen LogP contribution in [0.2, 0.25) is 0 Å². The van der Waals surface area contributed by atoms with Gasteiger partial charge in [0.15, 0.2) is 6.29 Å². The Morgan fingerprint density at radius 3 is 1.16 bits per heavy atom. The molecule has 0 bridgehead atoms. The van der Waals surface area contributed by atoms with E-state index < -0.39 is 6.43 Å². The first-order valence-electron chi connectivity index (χ1n) is 25.7. The molecular formula is C54H53F5N18O5. The van der Waals surface area contributed by atoms with Crippen molar-refractivity contribution >= 4 is 58.3 Å². The number of carbonyl (C=O) groups excluding carboxylic acids is 1. The van der Waals surface area contributed by atoms with Gasteiger partial charge < -0.3 is 50.0 Å². The monoisotopic (exact) mass is 1130 g/mol. The number of aliphatic hydroxyl groups excluding tert-OH is 1. The smallest absolute Gasteiger partial charge is 0.282 e. The largest absolute Gasteiger partial charge is 0.390 e.